The Labute approximate surface area is 142 Å². The second-order valence-electron chi connectivity index (χ2n) is 5.58. The fraction of sp³-hybridized carbons (Fsp3) is 0.278. The van der Waals surface area contributed by atoms with E-state index in [0.29, 0.717) is 28.4 Å². The molecule has 0 fully saturated rings. The van der Waals surface area contributed by atoms with E-state index in [0.717, 1.165) is 0 Å². The summed E-state index contributed by atoms with van der Waals surface area (Å²) in [5.74, 6) is -0.499. The molecule has 0 unspecified atom stereocenters. The van der Waals surface area contributed by atoms with Crippen LogP contribution in [0.1, 0.15) is 32.3 Å². The van der Waals surface area contributed by atoms with Crippen LogP contribution in [0.5, 0.6) is 5.75 Å². The molecule has 0 saturated carbocycles. The minimum absolute atomic E-state index is 0.146. The van der Waals surface area contributed by atoms with Crippen molar-refractivity contribution in [1.82, 2.24) is 0 Å². The van der Waals surface area contributed by atoms with E-state index in [1.165, 1.54) is 12.3 Å². The number of hydrogen-bond donors (Lipinski definition) is 1. The van der Waals surface area contributed by atoms with Crippen LogP contribution < -0.4 is 15.7 Å². The van der Waals surface area contributed by atoms with E-state index in [-0.39, 0.29) is 29.2 Å². The Morgan fingerprint density at radius 2 is 1.92 bits per heavy atom. The van der Waals surface area contributed by atoms with Gasteiger partial charge in [-0.25, -0.2) is 4.79 Å². The van der Waals surface area contributed by atoms with Gasteiger partial charge in [-0.1, -0.05) is 13.8 Å². The third-order valence-corrected chi connectivity index (χ3v) is 3.83. The smallest absolute Gasteiger partial charge is 0.336 e. The first-order chi connectivity index (χ1) is 11.9. The number of nitrogens with one attached hydrogen (secondary N) is 1. The molecular formula is C18H17NO6. The number of ether oxygens (including phenoxy) is 1. The Bertz CT molecular complexity index is 1040. The SMILES string of the molecule is CCC(=O)Nc1cc2c(C)cc(=O)oc2c2c(OC(=O)CC)coc12. The van der Waals surface area contributed by atoms with Gasteiger partial charge in [-0.3, -0.25) is 9.59 Å². The fourth-order valence-corrected chi connectivity index (χ4v) is 2.55. The molecule has 25 heavy (non-hydrogen) atoms. The number of rotatable bonds is 4. The minimum atomic E-state index is -0.523. The lowest BCUT2D eigenvalue weighted by Gasteiger charge is -2.09. The molecule has 1 aromatic carbocycles. The molecule has 0 aliphatic carbocycles. The van der Waals surface area contributed by atoms with Crippen molar-refractivity contribution in [3.05, 3.63) is 34.4 Å². The number of hydrogen-bond acceptors (Lipinski definition) is 6. The predicted molar refractivity (Wildman–Crippen MR) is 91.8 cm³/mol. The molecule has 0 aliphatic rings. The summed E-state index contributed by atoms with van der Waals surface area (Å²) in [6.45, 7) is 5.16. The first-order valence-corrected chi connectivity index (χ1v) is 7.93. The predicted octanol–water partition coefficient (Wildman–Crippen LogP) is 3.51. The lowest BCUT2D eigenvalue weighted by molar-refractivity contribution is -0.134. The molecule has 2 aromatic heterocycles. The zero-order valence-corrected chi connectivity index (χ0v) is 14.1. The van der Waals surface area contributed by atoms with Crippen LogP contribution in [0, 0.1) is 6.92 Å². The summed E-state index contributed by atoms with van der Waals surface area (Å²) in [5.41, 5.74) is 1.11. The van der Waals surface area contributed by atoms with Gasteiger partial charge in [0.1, 0.15) is 11.6 Å². The molecule has 0 atom stereocenters. The molecule has 3 rings (SSSR count). The van der Waals surface area contributed by atoms with E-state index in [1.807, 2.05) is 0 Å². The average Bonchev–Trinajstić information content (AvgIpc) is 2.99. The van der Waals surface area contributed by atoms with Crippen molar-refractivity contribution in [3.63, 3.8) is 0 Å². The summed E-state index contributed by atoms with van der Waals surface area (Å²) in [6.07, 6.45) is 1.74. The molecule has 0 radical (unpaired) electrons. The second-order valence-corrected chi connectivity index (χ2v) is 5.58. The number of anilines is 1. The van der Waals surface area contributed by atoms with Gasteiger partial charge >= 0.3 is 11.6 Å². The van der Waals surface area contributed by atoms with E-state index in [9.17, 15) is 14.4 Å². The van der Waals surface area contributed by atoms with Gasteiger partial charge in [0.15, 0.2) is 16.9 Å². The number of amides is 1. The lowest BCUT2D eigenvalue weighted by Crippen LogP contribution is -2.10. The number of benzene rings is 1. The molecule has 0 spiro atoms. The van der Waals surface area contributed by atoms with E-state index >= 15 is 0 Å². The van der Waals surface area contributed by atoms with Crippen LogP contribution in [0.3, 0.4) is 0 Å². The van der Waals surface area contributed by atoms with E-state index in [1.54, 1.807) is 26.8 Å². The van der Waals surface area contributed by atoms with Gasteiger partial charge in [0.25, 0.3) is 0 Å². The number of esters is 1. The van der Waals surface area contributed by atoms with Crippen LogP contribution >= 0.6 is 0 Å². The fourth-order valence-electron chi connectivity index (χ4n) is 2.55. The Morgan fingerprint density at radius 1 is 1.16 bits per heavy atom. The number of carbonyl (C=O) groups is 2. The molecule has 0 bridgehead atoms. The molecule has 0 saturated heterocycles. The van der Waals surface area contributed by atoms with Crippen LogP contribution in [0.2, 0.25) is 0 Å². The van der Waals surface area contributed by atoms with Crippen LogP contribution in [0.15, 0.2) is 32.0 Å². The molecular weight excluding hydrogens is 326 g/mol. The molecule has 2 heterocycles. The van der Waals surface area contributed by atoms with Gasteiger partial charge in [-0.15, -0.1) is 0 Å². The number of aryl methyl sites for hydroxylation is 1. The zero-order valence-electron chi connectivity index (χ0n) is 14.1. The zero-order chi connectivity index (χ0) is 18.1. The summed E-state index contributed by atoms with van der Waals surface area (Å²) in [6, 6.07) is 3.04. The van der Waals surface area contributed by atoms with Gasteiger partial charge < -0.3 is 18.9 Å². The monoisotopic (exact) mass is 343 g/mol. The first-order valence-electron chi connectivity index (χ1n) is 7.93. The topological polar surface area (TPSA) is 98.8 Å². The highest BCUT2D eigenvalue weighted by Gasteiger charge is 2.21. The van der Waals surface area contributed by atoms with E-state index in [2.05, 4.69) is 5.32 Å². The van der Waals surface area contributed by atoms with Crippen molar-refractivity contribution < 1.29 is 23.2 Å². The van der Waals surface area contributed by atoms with Gasteiger partial charge in [-0.05, 0) is 18.6 Å². The summed E-state index contributed by atoms with van der Waals surface area (Å²) in [4.78, 5) is 35.3. The summed E-state index contributed by atoms with van der Waals surface area (Å²) >= 11 is 0. The van der Waals surface area contributed by atoms with E-state index < -0.39 is 11.6 Å². The molecule has 3 aromatic rings. The molecule has 7 nitrogen and oxygen atoms in total. The van der Waals surface area contributed by atoms with Crippen LogP contribution in [0.4, 0.5) is 5.69 Å². The average molecular weight is 343 g/mol. The van der Waals surface area contributed by atoms with Gasteiger partial charge in [-0.2, -0.15) is 0 Å². The van der Waals surface area contributed by atoms with Crippen LogP contribution in [0.25, 0.3) is 21.9 Å². The van der Waals surface area contributed by atoms with Crippen molar-refractivity contribution in [2.24, 2.45) is 0 Å². The highest BCUT2D eigenvalue weighted by Crippen LogP contribution is 2.40. The van der Waals surface area contributed by atoms with Crippen molar-refractivity contribution >= 4 is 39.5 Å². The minimum Gasteiger partial charge on any atom is -0.458 e. The third kappa shape index (κ3) is 3.00. The summed E-state index contributed by atoms with van der Waals surface area (Å²) < 4.78 is 16.1. The molecule has 7 heteroatoms. The Balaban J connectivity index is 2.36. The van der Waals surface area contributed by atoms with Gasteiger partial charge in [0, 0.05) is 24.3 Å². The third-order valence-electron chi connectivity index (χ3n) is 3.83. The maximum Gasteiger partial charge on any atom is 0.336 e. The molecule has 1 amide bonds. The molecule has 0 aliphatic heterocycles. The first kappa shape index (κ1) is 16.8. The normalized spacial score (nSPS) is 11.0. The maximum absolute atomic E-state index is 11.8. The summed E-state index contributed by atoms with van der Waals surface area (Å²) in [7, 11) is 0. The lowest BCUT2D eigenvalue weighted by atomic mass is 10.1. The van der Waals surface area contributed by atoms with Gasteiger partial charge in [0.05, 0.1) is 5.69 Å². The highest BCUT2D eigenvalue weighted by molar-refractivity contribution is 6.14. The molecule has 130 valence electrons. The number of fused-ring (bicyclic) bond motifs is 3. The Morgan fingerprint density at radius 3 is 2.60 bits per heavy atom. The van der Waals surface area contributed by atoms with Crippen LogP contribution in [-0.2, 0) is 9.59 Å². The Kier molecular flexibility index (Phi) is 4.31. The molecule has 1 N–H and O–H groups in total. The number of carbonyl (C=O) groups excluding carboxylic acids is 2. The van der Waals surface area contributed by atoms with Crippen LogP contribution in [-0.4, -0.2) is 11.9 Å². The van der Waals surface area contributed by atoms with Crippen molar-refractivity contribution in [3.8, 4) is 5.75 Å². The second kappa shape index (κ2) is 6.43. The standard InChI is InChI=1S/C18H17NO6/c1-4-13(20)19-11-7-10-9(3)6-15(22)25-17(10)16-12(8-23-18(11)16)24-14(21)5-2/h6-8H,4-5H2,1-3H3,(H,19,20). The van der Waals surface area contributed by atoms with Gasteiger partial charge in [0.2, 0.25) is 5.91 Å². The summed E-state index contributed by atoms with van der Waals surface area (Å²) in [5, 5.41) is 3.71. The van der Waals surface area contributed by atoms with Crippen molar-refractivity contribution in [2.45, 2.75) is 33.6 Å². The largest absolute Gasteiger partial charge is 0.458 e. The maximum atomic E-state index is 11.8. The Hall–Kier alpha value is -3.09. The highest BCUT2D eigenvalue weighted by atomic mass is 16.5. The van der Waals surface area contributed by atoms with E-state index in [4.69, 9.17) is 13.6 Å². The van der Waals surface area contributed by atoms with Crippen molar-refractivity contribution in [2.75, 3.05) is 5.32 Å². The quantitative estimate of drug-likeness (QED) is 0.575. The number of furan rings is 1. The van der Waals surface area contributed by atoms with Crippen molar-refractivity contribution in [1.29, 1.82) is 0 Å².